The summed E-state index contributed by atoms with van der Waals surface area (Å²) in [6, 6.07) is 5.28. The molecule has 0 saturated carbocycles. The van der Waals surface area contributed by atoms with Gasteiger partial charge in [0.05, 0.1) is 12.0 Å². The standard InChI is InChI=1S/C9H12N2O4S/c1-15-11-9(12)10-7-3-5-8(6-4-7)16(2,13)14/h3-6H,1-2H3,(H2,10,11,12). The number of sulfone groups is 1. The number of hydrogen-bond donors (Lipinski definition) is 2. The highest BCUT2D eigenvalue weighted by Gasteiger charge is 2.06. The van der Waals surface area contributed by atoms with E-state index >= 15 is 0 Å². The van der Waals surface area contributed by atoms with Crippen molar-refractivity contribution in [2.45, 2.75) is 4.90 Å². The molecule has 0 aliphatic carbocycles. The zero-order chi connectivity index (χ0) is 12.2. The number of hydroxylamine groups is 1. The van der Waals surface area contributed by atoms with Crippen molar-refractivity contribution in [3.05, 3.63) is 24.3 Å². The summed E-state index contributed by atoms with van der Waals surface area (Å²) in [5.41, 5.74) is 2.54. The van der Waals surface area contributed by atoms with Crippen LogP contribution in [-0.4, -0.2) is 27.8 Å². The minimum atomic E-state index is -3.21. The van der Waals surface area contributed by atoms with Crippen LogP contribution in [0, 0.1) is 0 Å². The molecule has 0 spiro atoms. The van der Waals surface area contributed by atoms with Gasteiger partial charge in [-0.15, -0.1) is 0 Å². The molecule has 1 aromatic rings. The second-order valence-corrected chi connectivity index (χ2v) is 5.07. The molecule has 7 heteroatoms. The number of urea groups is 1. The molecule has 0 heterocycles. The Morgan fingerprint density at radius 1 is 1.25 bits per heavy atom. The van der Waals surface area contributed by atoms with Crippen LogP contribution in [-0.2, 0) is 14.7 Å². The van der Waals surface area contributed by atoms with Crippen LogP contribution < -0.4 is 10.8 Å². The maximum absolute atomic E-state index is 11.1. The van der Waals surface area contributed by atoms with Crippen molar-refractivity contribution < 1.29 is 18.0 Å². The Kier molecular flexibility index (Phi) is 3.86. The second-order valence-electron chi connectivity index (χ2n) is 3.06. The van der Waals surface area contributed by atoms with Crippen LogP contribution in [0.2, 0.25) is 0 Å². The summed E-state index contributed by atoms with van der Waals surface area (Å²) in [6.45, 7) is 0. The highest BCUT2D eigenvalue weighted by Crippen LogP contribution is 2.13. The van der Waals surface area contributed by atoms with Crippen molar-refractivity contribution in [1.29, 1.82) is 0 Å². The van der Waals surface area contributed by atoms with Gasteiger partial charge in [-0.2, -0.15) is 0 Å². The number of carbonyl (C=O) groups is 1. The highest BCUT2D eigenvalue weighted by molar-refractivity contribution is 7.90. The van der Waals surface area contributed by atoms with Gasteiger partial charge in [0.1, 0.15) is 0 Å². The van der Waals surface area contributed by atoms with Crippen molar-refractivity contribution in [2.75, 3.05) is 18.7 Å². The molecule has 0 fully saturated rings. The second kappa shape index (κ2) is 4.95. The van der Waals surface area contributed by atoms with Crippen molar-refractivity contribution in [3.8, 4) is 0 Å². The van der Waals surface area contributed by atoms with Crippen LogP contribution in [0.1, 0.15) is 0 Å². The molecule has 0 aliphatic rings. The van der Waals surface area contributed by atoms with Crippen LogP contribution in [0.25, 0.3) is 0 Å². The third-order valence-electron chi connectivity index (χ3n) is 1.74. The molecule has 2 N–H and O–H groups in total. The van der Waals surface area contributed by atoms with E-state index in [0.717, 1.165) is 6.26 Å². The summed E-state index contributed by atoms with van der Waals surface area (Å²) in [5.74, 6) is 0. The lowest BCUT2D eigenvalue weighted by atomic mass is 10.3. The number of nitrogens with one attached hydrogen (secondary N) is 2. The van der Waals surface area contributed by atoms with E-state index in [-0.39, 0.29) is 4.90 Å². The van der Waals surface area contributed by atoms with Gasteiger partial charge in [0, 0.05) is 11.9 Å². The Bertz CT molecular complexity index is 467. The third-order valence-corrected chi connectivity index (χ3v) is 2.86. The summed E-state index contributed by atoms with van der Waals surface area (Å²) in [4.78, 5) is 15.6. The fraction of sp³-hybridized carbons (Fsp3) is 0.222. The minimum Gasteiger partial charge on any atom is -0.306 e. The zero-order valence-corrected chi connectivity index (χ0v) is 9.67. The molecule has 16 heavy (non-hydrogen) atoms. The van der Waals surface area contributed by atoms with E-state index in [9.17, 15) is 13.2 Å². The molecule has 0 aliphatic heterocycles. The monoisotopic (exact) mass is 244 g/mol. The van der Waals surface area contributed by atoms with Crippen LogP contribution in [0.5, 0.6) is 0 Å². The molecule has 0 bridgehead atoms. The van der Waals surface area contributed by atoms with Crippen molar-refractivity contribution in [2.24, 2.45) is 0 Å². The van der Waals surface area contributed by atoms with Gasteiger partial charge in [-0.05, 0) is 24.3 Å². The number of carbonyl (C=O) groups excluding carboxylic acids is 1. The van der Waals surface area contributed by atoms with E-state index in [1.54, 1.807) is 0 Å². The van der Waals surface area contributed by atoms with Gasteiger partial charge in [0.2, 0.25) is 0 Å². The Labute approximate surface area is 93.5 Å². The van der Waals surface area contributed by atoms with E-state index < -0.39 is 15.9 Å². The van der Waals surface area contributed by atoms with Gasteiger partial charge in [-0.3, -0.25) is 4.84 Å². The predicted octanol–water partition coefficient (Wildman–Crippen LogP) is 0.773. The van der Waals surface area contributed by atoms with Gasteiger partial charge < -0.3 is 5.32 Å². The summed E-state index contributed by atoms with van der Waals surface area (Å²) >= 11 is 0. The van der Waals surface area contributed by atoms with Crippen molar-refractivity contribution in [3.63, 3.8) is 0 Å². The van der Waals surface area contributed by atoms with E-state index in [2.05, 4.69) is 15.6 Å². The van der Waals surface area contributed by atoms with Crippen LogP contribution in [0.3, 0.4) is 0 Å². The van der Waals surface area contributed by atoms with Gasteiger partial charge in [-0.25, -0.2) is 18.7 Å². The first-order chi connectivity index (χ1) is 7.43. The smallest absolute Gasteiger partial charge is 0.306 e. The zero-order valence-electron chi connectivity index (χ0n) is 8.85. The lowest BCUT2D eigenvalue weighted by Crippen LogP contribution is -2.27. The number of anilines is 1. The molecule has 0 aromatic heterocycles. The molecular formula is C9H12N2O4S. The molecule has 1 rings (SSSR count). The average molecular weight is 244 g/mol. The molecule has 1 aromatic carbocycles. The molecule has 0 unspecified atom stereocenters. The average Bonchev–Trinajstić information content (AvgIpc) is 2.17. The van der Waals surface area contributed by atoms with E-state index in [4.69, 9.17) is 0 Å². The predicted molar refractivity (Wildman–Crippen MR) is 58.7 cm³/mol. The third kappa shape index (κ3) is 3.52. The lowest BCUT2D eigenvalue weighted by Gasteiger charge is -2.05. The SMILES string of the molecule is CONC(=O)Nc1ccc(S(C)(=O)=O)cc1. The quantitative estimate of drug-likeness (QED) is 0.769. The largest absolute Gasteiger partial charge is 0.343 e. The van der Waals surface area contributed by atoms with Crippen LogP contribution in [0.15, 0.2) is 29.2 Å². The molecule has 6 nitrogen and oxygen atoms in total. The maximum atomic E-state index is 11.1. The number of hydrogen-bond acceptors (Lipinski definition) is 4. The van der Waals surface area contributed by atoms with Crippen LogP contribution >= 0.6 is 0 Å². The Morgan fingerprint density at radius 2 is 1.81 bits per heavy atom. The Hall–Kier alpha value is -1.60. The Morgan fingerprint density at radius 3 is 2.25 bits per heavy atom. The summed E-state index contributed by atoms with van der Waals surface area (Å²) in [7, 11) is -1.90. The first-order valence-electron chi connectivity index (χ1n) is 4.33. The van der Waals surface area contributed by atoms with Gasteiger partial charge in [0.25, 0.3) is 0 Å². The topological polar surface area (TPSA) is 84.5 Å². The first kappa shape index (κ1) is 12.5. The molecule has 0 atom stereocenters. The molecule has 88 valence electrons. The lowest BCUT2D eigenvalue weighted by molar-refractivity contribution is 0.114. The Balaban J connectivity index is 2.76. The maximum Gasteiger partial charge on any atom is 0.343 e. The molecular weight excluding hydrogens is 232 g/mol. The first-order valence-corrected chi connectivity index (χ1v) is 6.22. The van der Waals surface area contributed by atoms with Crippen molar-refractivity contribution >= 4 is 21.6 Å². The molecule has 2 amide bonds. The van der Waals surface area contributed by atoms with Gasteiger partial charge in [0.15, 0.2) is 9.84 Å². The minimum absolute atomic E-state index is 0.199. The van der Waals surface area contributed by atoms with E-state index in [1.165, 1.54) is 31.4 Å². The fourth-order valence-corrected chi connectivity index (χ4v) is 1.67. The normalized spacial score (nSPS) is 10.9. The van der Waals surface area contributed by atoms with Crippen molar-refractivity contribution in [1.82, 2.24) is 5.48 Å². The highest BCUT2D eigenvalue weighted by atomic mass is 32.2. The summed E-state index contributed by atoms with van der Waals surface area (Å²) in [5, 5.41) is 2.45. The summed E-state index contributed by atoms with van der Waals surface area (Å²) < 4.78 is 22.3. The molecule has 0 saturated heterocycles. The number of benzene rings is 1. The van der Waals surface area contributed by atoms with E-state index in [0.29, 0.717) is 5.69 Å². The molecule has 0 radical (unpaired) electrons. The number of amides is 2. The van der Waals surface area contributed by atoms with Gasteiger partial charge in [-0.1, -0.05) is 0 Å². The van der Waals surface area contributed by atoms with E-state index in [1.807, 2.05) is 0 Å². The van der Waals surface area contributed by atoms with Gasteiger partial charge >= 0.3 is 6.03 Å². The van der Waals surface area contributed by atoms with Crippen LogP contribution in [0.4, 0.5) is 10.5 Å². The fourth-order valence-electron chi connectivity index (χ4n) is 1.03. The number of rotatable bonds is 3. The summed E-state index contributed by atoms with van der Waals surface area (Å²) in [6.07, 6.45) is 1.12.